The maximum atomic E-state index is 13.7. The Morgan fingerprint density at radius 3 is 2.54 bits per heavy atom. The predicted octanol–water partition coefficient (Wildman–Crippen LogP) is 3.77. The van der Waals surface area contributed by atoms with Gasteiger partial charge in [-0.05, 0) is 60.1 Å². The third-order valence-electron chi connectivity index (χ3n) is 7.46. The Labute approximate surface area is 244 Å². The second-order valence-corrected chi connectivity index (χ2v) is 11.4. The quantitative estimate of drug-likeness (QED) is 0.178. The number of carbonyl (C=O) groups is 3. The van der Waals surface area contributed by atoms with Gasteiger partial charge in [0.1, 0.15) is 18.5 Å². The highest BCUT2D eigenvalue weighted by atomic mass is 127. The van der Waals surface area contributed by atoms with Crippen molar-refractivity contribution in [3.05, 3.63) is 32.9 Å². The molecule has 3 N–H and O–H groups in total. The Bertz CT molecular complexity index is 1020. The maximum absolute atomic E-state index is 13.7. The molecule has 0 radical (unpaired) electrons. The van der Waals surface area contributed by atoms with Crippen LogP contribution in [0.2, 0.25) is 0 Å². The number of hydrogen-bond acceptors (Lipinski definition) is 7. The minimum Gasteiger partial charge on any atom is -0.493 e. The molecule has 1 fully saturated rings. The summed E-state index contributed by atoms with van der Waals surface area (Å²) in [5.74, 6) is 0.302. The topological polar surface area (TPSA) is 125 Å². The second-order valence-electron chi connectivity index (χ2n) is 10.2. The van der Waals surface area contributed by atoms with Crippen molar-refractivity contribution in [1.82, 2.24) is 10.2 Å². The summed E-state index contributed by atoms with van der Waals surface area (Å²) in [6.07, 6.45) is 8.47. The van der Waals surface area contributed by atoms with E-state index in [-0.39, 0.29) is 37.4 Å². The number of methoxy groups -OCH3 is 1. The average Bonchev–Trinajstić information content (AvgIpc) is 3.22. The van der Waals surface area contributed by atoms with Gasteiger partial charge in [-0.25, -0.2) is 0 Å². The fourth-order valence-electron chi connectivity index (χ4n) is 5.46. The summed E-state index contributed by atoms with van der Waals surface area (Å²) in [6, 6.07) is 2.55. The summed E-state index contributed by atoms with van der Waals surface area (Å²) in [6.45, 7) is 1.93. The number of nitrogens with one attached hydrogen (secondary N) is 1. The molecule has 10 heteroatoms. The molecule has 9 nitrogen and oxygen atoms in total. The lowest BCUT2D eigenvalue weighted by Crippen LogP contribution is -2.58. The van der Waals surface area contributed by atoms with Crippen molar-refractivity contribution in [3.63, 3.8) is 0 Å². The number of nitrogens with zero attached hydrogens (tertiary/aromatic N) is 1. The first kappa shape index (κ1) is 31.3. The van der Waals surface area contributed by atoms with Crippen LogP contribution in [0.5, 0.6) is 11.5 Å². The average molecular weight is 657 g/mol. The van der Waals surface area contributed by atoms with E-state index in [1.165, 1.54) is 7.11 Å². The van der Waals surface area contributed by atoms with Crippen LogP contribution in [0.25, 0.3) is 0 Å². The van der Waals surface area contributed by atoms with E-state index in [2.05, 4.69) is 5.32 Å². The van der Waals surface area contributed by atoms with Crippen LogP contribution in [-0.2, 0) is 9.59 Å². The van der Waals surface area contributed by atoms with Crippen molar-refractivity contribution < 1.29 is 34.1 Å². The van der Waals surface area contributed by atoms with Gasteiger partial charge in [0, 0.05) is 36.6 Å². The molecule has 0 heterocycles. The number of aliphatic hydroxyl groups is 2. The SMILES string of the molecule is CCCCC(=O)N(C1CCCCCC1)[C@@H]1CC(C(=O)NCCO)=C[C@H](Oc2c(I)cc(C=O)cc2OC)[C@H]1O. The Balaban J connectivity index is 2.02. The van der Waals surface area contributed by atoms with E-state index in [1.807, 2.05) is 34.4 Å². The van der Waals surface area contributed by atoms with Gasteiger partial charge < -0.3 is 29.9 Å². The second kappa shape index (κ2) is 15.6. The minimum absolute atomic E-state index is 0.00827. The minimum atomic E-state index is -1.10. The predicted molar refractivity (Wildman–Crippen MR) is 156 cm³/mol. The fraction of sp³-hybridized carbons (Fsp3) is 0.621. The lowest BCUT2D eigenvalue weighted by atomic mass is 9.86. The molecule has 0 saturated heterocycles. The molecule has 1 saturated carbocycles. The van der Waals surface area contributed by atoms with Crippen molar-refractivity contribution >= 4 is 40.7 Å². The zero-order valence-corrected chi connectivity index (χ0v) is 25.0. The van der Waals surface area contributed by atoms with Crippen LogP contribution in [0.15, 0.2) is 23.8 Å². The van der Waals surface area contributed by atoms with E-state index in [0.717, 1.165) is 57.7 Å². The molecule has 3 rings (SSSR count). The van der Waals surface area contributed by atoms with Gasteiger partial charge in [0.05, 0.1) is 23.3 Å². The summed E-state index contributed by atoms with van der Waals surface area (Å²) in [4.78, 5) is 40.0. The van der Waals surface area contributed by atoms with Crippen LogP contribution < -0.4 is 14.8 Å². The van der Waals surface area contributed by atoms with Gasteiger partial charge in [-0.1, -0.05) is 39.0 Å². The molecular formula is C29H41IN2O7. The van der Waals surface area contributed by atoms with Gasteiger partial charge in [-0.15, -0.1) is 0 Å². The molecule has 216 valence electrons. The first-order valence-electron chi connectivity index (χ1n) is 13.9. The number of halogens is 1. The number of carbonyl (C=O) groups excluding carboxylic acids is 3. The zero-order chi connectivity index (χ0) is 28.4. The molecule has 2 aliphatic rings. The summed E-state index contributed by atoms with van der Waals surface area (Å²) >= 11 is 2.04. The van der Waals surface area contributed by atoms with Crippen LogP contribution in [0.4, 0.5) is 0 Å². The Hall–Kier alpha value is -2.18. The molecule has 1 aromatic carbocycles. The molecule has 2 aliphatic carbocycles. The highest BCUT2D eigenvalue weighted by Crippen LogP contribution is 2.38. The molecule has 0 aliphatic heterocycles. The number of ether oxygens (including phenoxy) is 2. The smallest absolute Gasteiger partial charge is 0.247 e. The van der Waals surface area contributed by atoms with Crippen molar-refractivity contribution in [2.45, 2.75) is 95.4 Å². The van der Waals surface area contributed by atoms with Crippen molar-refractivity contribution in [2.24, 2.45) is 0 Å². The number of amides is 2. The molecule has 39 heavy (non-hydrogen) atoms. The lowest BCUT2D eigenvalue weighted by Gasteiger charge is -2.44. The number of aliphatic hydroxyl groups excluding tert-OH is 2. The van der Waals surface area contributed by atoms with Gasteiger partial charge in [0.15, 0.2) is 11.5 Å². The van der Waals surface area contributed by atoms with Crippen molar-refractivity contribution in [3.8, 4) is 11.5 Å². The third kappa shape index (κ3) is 8.17. The zero-order valence-electron chi connectivity index (χ0n) is 22.9. The molecule has 3 atom stereocenters. The molecule has 0 spiro atoms. The normalized spacial score (nSPS) is 21.9. The summed E-state index contributed by atoms with van der Waals surface area (Å²) in [5.41, 5.74) is 0.815. The van der Waals surface area contributed by atoms with Crippen LogP contribution in [0, 0.1) is 3.57 Å². The first-order valence-corrected chi connectivity index (χ1v) is 15.0. The third-order valence-corrected chi connectivity index (χ3v) is 8.26. The summed E-state index contributed by atoms with van der Waals surface area (Å²) in [5, 5.41) is 23.7. The van der Waals surface area contributed by atoms with E-state index < -0.39 is 18.2 Å². The molecule has 0 aromatic heterocycles. The Kier molecular flexibility index (Phi) is 12.5. The number of aldehydes is 1. The van der Waals surface area contributed by atoms with Crippen molar-refractivity contribution in [1.29, 1.82) is 0 Å². The van der Waals surface area contributed by atoms with Crippen LogP contribution in [-0.4, -0.2) is 77.8 Å². The van der Waals surface area contributed by atoms with Crippen LogP contribution in [0.1, 0.15) is 81.5 Å². The van der Waals surface area contributed by atoms with Gasteiger partial charge in [-0.3, -0.25) is 14.4 Å². The largest absolute Gasteiger partial charge is 0.493 e. The maximum Gasteiger partial charge on any atom is 0.247 e. The van der Waals surface area contributed by atoms with Crippen LogP contribution >= 0.6 is 22.6 Å². The standard InChI is InChI=1S/C29H41IN2O7/c1-3-4-11-26(35)32(21-9-7-5-6-8-10-21)23-16-20(29(37)31-12-13-33)17-24(27(23)36)39-28-22(30)14-19(18-34)15-25(28)38-2/h14-15,17-18,21,23-24,27,33,36H,3-13,16H2,1-2H3,(H,31,37)/t23-,24+,27+/m1/s1. The number of hydrogen-bond donors (Lipinski definition) is 3. The molecular weight excluding hydrogens is 615 g/mol. The monoisotopic (exact) mass is 656 g/mol. The van der Waals surface area contributed by atoms with Gasteiger partial charge in [0.25, 0.3) is 0 Å². The highest BCUT2D eigenvalue weighted by Gasteiger charge is 2.43. The lowest BCUT2D eigenvalue weighted by molar-refractivity contribution is -0.142. The Morgan fingerprint density at radius 2 is 1.92 bits per heavy atom. The van der Waals surface area contributed by atoms with Gasteiger partial charge >= 0.3 is 0 Å². The van der Waals surface area contributed by atoms with Crippen molar-refractivity contribution in [2.75, 3.05) is 20.3 Å². The fourth-order valence-corrected chi connectivity index (χ4v) is 6.21. The molecule has 0 unspecified atom stereocenters. The van der Waals surface area contributed by atoms with E-state index in [1.54, 1.807) is 18.2 Å². The first-order chi connectivity index (χ1) is 18.8. The van der Waals surface area contributed by atoms with E-state index >= 15 is 0 Å². The number of unbranched alkanes of at least 4 members (excludes halogenated alkanes) is 1. The van der Waals surface area contributed by atoms with E-state index in [4.69, 9.17) is 9.47 Å². The van der Waals surface area contributed by atoms with Crippen LogP contribution in [0.3, 0.4) is 0 Å². The van der Waals surface area contributed by atoms with Gasteiger partial charge in [0.2, 0.25) is 11.8 Å². The number of rotatable bonds is 12. The van der Waals surface area contributed by atoms with E-state index in [0.29, 0.717) is 32.6 Å². The Morgan fingerprint density at radius 1 is 1.21 bits per heavy atom. The number of benzene rings is 1. The summed E-state index contributed by atoms with van der Waals surface area (Å²) in [7, 11) is 1.47. The van der Waals surface area contributed by atoms with Gasteiger partial charge in [-0.2, -0.15) is 0 Å². The molecule has 1 aromatic rings. The summed E-state index contributed by atoms with van der Waals surface area (Å²) < 4.78 is 12.4. The molecule has 2 amide bonds. The molecule has 0 bridgehead atoms. The highest BCUT2D eigenvalue weighted by molar-refractivity contribution is 14.1. The van der Waals surface area contributed by atoms with E-state index in [9.17, 15) is 24.6 Å².